The van der Waals surface area contributed by atoms with Crippen molar-refractivity contribution in [1.29, 1.82) is 0 Å². The molecule has 0 radical (unpaired) electrons. The highest BCUT2D eigenvalue weighted by Gasteiger charge is 2.20. The fourth-order valence-electron chi connectivity index (χ4n) is 3.92. The SMILES string of the molecule is Cc1cc(F)ccc1CNc1cc(C(=O)N2CCNCC2)cc2c(C)c(C)[nH]c12. The van der Waals surface area contributed by atoms with E-state index in [0.717, 1.165) is 65.2 Å². The largest absolute Gasteiger partial charge is 0.379 e. The number of carbonyl (C=O) groups is 1. The summed E-state index contributed by atoms with van der Waals surface area (Å²) in [5.74, 6) is -0.166. The number of halogens is 1. The molecule has 0 unspecified atom stereocenters. The van der Waals surface area contributed by atoms with E-state index in [4.69, 9.17) is 0 Å². The molecule has 152 valence electrons. The number of hydrogen-bond donors (Lipinski definition) is 3. The Hall–Kier alpha value is -2.86. The molecule has 6 heteroatoms. The molecule has 4 rings (SSSR count). The summed E-state index contributed by atoms with van der Waals surface area (Å²) in [7, 11) is 0. The number of piperazine rings is 1. The Morgan fingerprint density at radius 2 is 1.90 bits per heavy atom. The van der Waals surface area contributed by atoms with Crippen molar-refractivity contribution >= 4 is 22.5 Å². The second-order valence-corrected chi connectivity index (χ2v) is 7.79. The van der Waals surface area contributed by atoms with Gasteiger partial charge in [0.05, 0.1) is 11.2 Å². The molecule has 1 aromatic heterocycles. The standard InChI is InChI=1S/C23H27FN4O/c1-14-10-19(24)5-4-17(14)13-26-21-12-18(23(29)28-8-6-25-7-9-28)11-20-15(2)16(3)27-22(20)21/h4-5,10-12,25-27H,6-9,13H2,1-3H3. The average molecular weight is 394 g/mol. The van der Waals surface area contributed by atoms with E-state index in [9.17, 15) is 9.18 Å². The third kappa shape index (κ3) is 3.85. The van der Waals surface area contributed by atoms with Crippen LogP contribution in [-0.2, 0) is 6.54 Å². The van der Waals surface area contributed by atoms with E-state index in [1.807, 2.05) is 30.9 Å². The van der Waals surface area contributed by atoms with E-state index in [1.165, 1.54) is 6.07 Å². The Morgan fingerprint density at radius 1 is 1.14 bits per heavy atom. The average Bonchev–Trinajstić information content (AvgIpc) is 3.01. The molecule has 29 heavy (non-hydrogen) atoms. The Morgan fingerprint density at radius 3 is 2.62 bits per heavy atom. The third-order valence-corrected chi connectivity index (χ3v) is 5.84. The number of nitrogens with zero attached hydrogens (tertiary/aromatic N) is 1. The number of fused-ring (bicyclic) bond motifs is 1. The number of aromatic nitrogens is 1. The van der Waals surface area contributed by atoms with Gasteiger partial charge >= 0.3 is 0 Å². The van der Waals surface area contributed by atoms with Crippen molar-refractivity contribution in [1.82, 2.24) is 15.2 Å². The first kappa shape index (κ1) is 19.5. The van der Waals surface area contributed by atoms with E-state index in [1.54, 1.807) is 12.1 Å². The van der Waals surface area contributed by atoms with Gasteiger partial charge in [0.15, 0.2) is 0 Å². The third-order valence-electron chi connectivity index (χ3n) is 5.84. The molecular weight excluding hydrogens is 367 g/mol. The van der Waals surface area contributed by atoms with Crippen molar-refractivity contribution in [2.24, 2.45) is 0 Å². The van der Waals surface area contributed by atoms with Crippen LogP contribution < -0.4 is 10.6 Å². The minimum atomic E-state index is -0.229. The van der Waals surface area contributed by atoms with E-state index >= 15 is 0 Å². The van der Waals surface area contributed by atoms with Gasteiger partial charge in [-0.25, -0.2) is 4.39 Å². The molecule has 1 amide bonds. The lowest BCUT2D eigenvalue weighted by Crippen LogP contribution is -2.46. The second kappa shape index (κ2) is 7.87. The van der Waals surface area contributed by atoms with Crippen molar-refractivity contribution in [3.63, 3.8) is 0 Å². The molecule has 3 aromatic rings. The molecule has 2 heterocycles. The van der Waals surface area contributed by atoms with E-state index in [-0.39, 0.29) is 11.7 Å². The summed E-state index contributed by atoms with van der Waals surface area (Å²) in [4.78, 5) is 18.4. The molecule has 0 aliphatic carbocycles. The topological polar surface area (TPSA) is 60.2 Å². The van der Waals surface area contributed by atoms with Gasteiger partial charge in [0.25, 0.3) is 5.91 Å². The van der Waals surface area contributed by atoms with Gasteiger partial charge in [0.1, 0.15) is 5.82 Å². The molecule has 3 N–H and O–H groups in total. The van der Waals surface area contributed by atoms with Crippen molar-refractivity contribution in [3.05, 3.63) is 64.1 Å². The first-order chi connectivity index (χ1) is 13.9. The summed E-state index contributed by atoms with van der Waals surface area (Å²) in [6.07, 6.45) is 0. The number of aromatic amines is 1. The maximum Gasteiger partial charge on any atom is 0.254 e. The summed E-state index contributed by atoms with van der Waals surface area (Å²) in [6, 6.07) is 8.75. The van der Waals surface area contributed by atoms with Crippen LogP contribution in [0.25, 0.3) is 10.9 Å². The molecular formula is C23H27FN4O. The maximum atomic E-state index is 13.4. The zero-order valence-corrected chi connectivity index (χ0v) is 17.2. The highest BCUT2D eigenvalue weighted by molar-refractivity contribution is 6.03. The predicted molar refractivity (Wildman–Crippen MR) is 115 cm³/mol. The Kier molecular flexibility index (Phi) is 5.28. The molecule has 2 aromatic carbocycles. The normalized spacial score (nSPS) is 14.4. The number of anilines is 1. The summed E-state index contributed by atoms with van der Waals surface area (Å²) >= 11 is 0. The molecule has 0 atom stereocenters. The van der Waals surface area contributed by atoms with Gasteiger partial charge in [0, 0.05) is 49.4 Å². The zero-order valence-electron chi connectivity index (χ0n) is 17.2. The van der Waals surface area contributed by atoms with Crippen molar-refractivity contribution < 1.29 is 9.18 Å². The van der Waals surface area contributed by atoms with Crippen LogP contribution in [-0.4, -0.2) is 42.0 Å². The molecule has 0 spiro atoms. The van der Waals surface area contributed by atoms with Crippen LogP contribution in [0.2, 0.25) is 0 Å². The maximum absolute atomic E-state index is 13.4. The summed E-state index contributed by atoms with van der Waals surface area (Å²) in [5.41, 5.74) is 6.75. The van der Waals surface area contributed by atoms with Gasteiger partial charge in [-0.05, 0) is 61.7 Å². The zero-order chi connectivity index (χ0) is 20.5. The molecule has 0 saturated carbocycles. The van der Waals surface area contributed by atoms with Crippen LogP contribution in [0.5, 0.6) is 0 Å². The lowest BCUT2D eigenvalue weighted by atomic mass is 10.0. The Labute approximate surface area is 170 Å². The second-order valence-electron chi connectivity index (χ2n) is 7.79. The van der Waals surface area contributed by atoms with E-state index in [0.29, 0.717) is 12.1 Å². The molecule has 5 nitrogen and oxygen atoms in total. The molecule has 1 aliphatic heterocycles. The number of H-pyrrole nitrogens is 1. The van der Waals surface area contributed by atoms with Crippen LogP contribution in [0.3, 0.4) is 0 Å². The highest BCUT2D eigenvalue weighted by Crippen LogP contribution is 2.30. The van der Waals surface area contributed by atoms with Crippen molar-refractivity contribution in [2.45, 2.75) is 27.3 Å². The summed E-state index contributed by atoms with van der Waals surface area (Å²) < 4.78 is 13.4. The van der Waals surface area contributed by atoms with E-state index < -0.39 is 0 Å². The van der Waals surface area contributed by atoms with Gasteiger partial charge < -0.3 is 20.5 Å². The molecule has 1 fully saturated rings. The van der Waals surface area contributed by atoms with Crippen LogP contribution in [0.1, 0.15) is 32.7 Å². The van der Waals surface area contributed by atoms with Crippen LogP contribution in [0.15, 0.2) is 30.3 Å². The van der Waals surface area contributed by atoms with Gasteiger partial charge in [-0.15, -0.1) is 0 Å². The fraction of sp³-hybridized carbons (Fsp3) is 0.348. The number of amides is 1. The van der Waals surface area contributed by atoms with Crippen LogP contribution in [0.4, 0.5) is 10.1 Å². The number of rotatable bonds is 4. The lowest BCUT2D eigenvalue weighted by molar-refractivity contribution is 0.0736. The molecule has 1 saturated heterocycles. The van der Waals surface area contributed by atoms with Gasteiger partial charge in [0.2, 0.25) is 0 Å². The molecule has 1 aliphatic rings. The number of aryl methyl sites for hydroxylation is 3. The smallest absolute Gasteiger partial charge is 0.254 e. The number of hydrogen-bond acceptors (Lipinski definition) is 3. The Balaban J connectivity index is 1.69. The first-order valence-electron chi connectivity index (χ1n) is 10.1. The van der Waals surface area contributed by atoms with Gasteiger partial charge in [-0.1, -0.05) is 6.07 Å². The van der Waals surface area contributed by atoms with E-state index in [2.05, 4.69) is 22.5 Å². The minimum Gasteiger partial charge on any atom is -0.379 e. The monoisotopic (exact) mass is 394 g/mol. The quantitative estimate of drug-likeness (QED) is 0.629. The minimum absolute atomic E-state index is 0.0627. The van der Waals surface area contributed by atoms with Crippen molar-refractivity contribution in [3.8, 4) is 0 Å². The van der Waals surface area contributed by atoms with Gasteiger partial charge in [-0.2, -0.15) is 0 Å². The molecule has 0 bridgehead atoms. The Bertz CT molecular complexity index is 1070. The lowest BCUT2D eigenvalue weighted by Gasteiger charge is -2.27. The summed E-state index contributed by atoms with van der Waals surface area (Å²) in [5, 5.41) is 7.81. The fourth-order valence-corrected chi connectivity index (χ4v) is 3.92. The van der Waals surface area contributed by atoms with Crippen LogP contribution >= 0.6 is 0 Å². The number of benzene rings is 2. The number of nitrogens with one attached hydrogen (secondary N) is 3. The van der Waals surface area contributed by atoms with Crippen molar-refractivity contribution in [2.75, 3.05) is 31.5 Å². The number of carbonyl (C=O) groups excluding carboxylic acids is 1. The summed E-state index contributed by atoms with van der Waals surface area (Å²) in [6.45, 7) is 9.67. The van der Waals surface area contributed by atoms with Gasteiger partial charge in [-0.3, -0.25) is 4.79 Å². The van der Waals surface area contributed by atoms with Crippen LogP contribution in [0, 0.1) is 26.6 Å². The first-order valence-corrected chi connectivity index (χ1v) is 10.1. The highest BCUT2D eigenvalue weighted by atomic mass is 19.1. The predicted octanol–water partition coefficient (Wildman–Crippen LogP) is 3.89.